The van der Waals surface area contributed by atoms with E-state index >= 15 is 4.39 Å². The van der Waals surface area contributed by atoms with Crippen LogP contribution in [-0.4, -0.2) is 27.9 Å². The van der Waals surface area contributed by atoms with Crippen molar-refractivity contribution in [3.63, 3.8) is 0 Å². The summed E-state index contributed by atoms with van der Waals surface area (Å²) >= 11 is 0. The largest absolute Gasteiger partial charge is 0.396 e. The number of halogens is 3. The second-order valence-electron chi connectivity index (χ2n) is 7.39. The molecule has 3 rings (SSSR count). The lowest BCUT2D eigenvalue weighted by molar-refractivity contribution is 0.628. The third-order valence-corrected chi connectivity index (χ3v) is 5.07. The molecule has 0 atom stereocenters. The van der Waals surface area contributed by atoms with E-state index in [2.05, 4.69) is 9.35 Å². The maximum absolute atomic E-state index is 15.3. The molecule has 162 valence electrons. The lowest BCUT2D eigenvalue weighted by Gasteiger charge is -2.19. The number of rotatable bonds is 4. The average Bonchev–Trinajstić information content (AvgIpc) is 2.63. The number of nitrogens with zero attached hydrogens (tertiary/aromatic N) is 2. The molecule has 0 radical (unpaired) electrons. The zero-order chi connectivity index (χ0) is 21.5. The Bertz CT molecular complexity index is 1250. The highest BCUT2D eigenvalue weighted by Crippen LogP contribution is 2.42. The monoisotopic (exact) mass is 546 g/mol. The SMILES string of the molecule is CC(C)c1nc(N=S(C)(C)=O)c2c(F)c(N)c(C=N)cc2c1-c1ccc(F)cc1.I.[HH]. The number of hydrogen-bond donors (Lipinski definition) is 2. The number of fused-ring (bicyclic) bond motifs is 1. The predicted octanol–water partition coefficient (Wildman–Crippen LogP) is 6.11. The summed E-state index contributed by atoms with van der Waals surface area (Å²) in [6.07, 6.45) is 3.86. The van der Waals surface area contributed by atoms with Crippen molar-refractivity contribution in [3.8, 4) is 11.1 Å². The van der Waals surface area contributed by atoms with E-state index in [-0.39, 0.29) is 53.8 Å². The summed E-state index contributed by atoms with van der Waals surface area (Å²) in [5.41, 5.74) is 7.74. The van der Waals surface area contributed by atoms with Crippen molar-refractivity contribution >= 4 is 62.2 Å². The number of benzene rings is 2. The molecule has 3 aromatic rings. The number of hydrogen-bond acceptors (Lipinski definition) is 5. The van der Waals surface area contributed by atoms with Gasteiger partial charge in [0.25, 0.3) is 0 Å². The van der Waals surface area contributed by atoms with Crippen molar-refractivity contribution in [2.24, 2.45) is 4.36 Å². The molecular weight excluding hydrogens is 521 g/mol. The maximum atomic E-state index is 15.3. The van der Waals surface area contributed by atoms with E-state index in [0.29, 0.717) is 22.2 Å². The molecule has 2 aromatic carbocycles. The van der Waals surface area contributed by atoms with Gasteiger partial charge in [0.2, 0.25) is 0 Å². The zero-order valence-corrected chi connectivity index (χ0v) is 20.1. The van der Waals surface area contributed by atoms with Crippen molar-refractivity contribution in [2.45, 2.75) is 19.8 Å². The molecule has 5 nitrogen and oxygen atoms in total. The van der Waals surface area contributed by atoms with Crippen LogP contribution in [0.5, 0.6) is 0 Å². The minimum atomic E-state index is -2.63. The lowest BCUT2D eigenvalue weighted by atomic mass is 9.91. The molecule has 0 aliphatic heterocycles. The second kappa shape index (κ2) is 8.93. The van der Waals surface area contributed by atoms with Gasteiger partial charge in [-0.1, -0.05) is 26.0 Å². The minimum absolute atomic E-state index is 0. The highest BCUT2D eigenvalue weighted by atomic mass is 127. The van der Waals surface area contributed by atoms with Gasteiger partial charge in [-0.05, 0) is 35.1 Å². The molecule has 1 aromatic heterocycles. The maximum Gasteiger partial charge on any atom is 0.172 e. The van der Waals surface area contributed by atoms with Crippen molar-refractivity contribution in [1.82, 2.24) is 4.98 Å². The first-order valence-corrected chi connectivity index (χ1v) is 11.3. The number of nitrogen functional groups attached to an aromatic ring is 1. The van der Waals surface area contributed by atoms with Crippen LogP contribution in [0, 0.1) is 17.0 Å². The Hall–Kier alpha value is -2.14. The normalized spacial score (nSPS) is 11.4. The first-order chi connectivity index (χ1) is 13.5. The third kappa shape index (κ3) is 4.61. The van der Waals surface area contributed by atoms with Gasteiger partial charge in [-0.25, -0.2) is 18.0 Å². The Morgan fingerprint density at radius 2 is 1.83 bits per heavy atom. The molecule has 0 aliphatic carbocycles. The summed E-state index contributed by atoms with van der Waals surface area (Å²) in [5, 5.41) is 8.06. The molecule has 0 saturated heterocycles. The quantitative estimate of drug-likeness (QED) is 0.235. The van der Waals surface area contributed by atoms with Crippen LogP contribution in [0.2, 0.25) is 0 Å². The van der Waals surface area contributed by atoms with Crippen molar-refractivity contribution in [2.75, 3.05) is 18.2 Å². The first kappa shape index (κ1) is 24.1. The molecule has 0 saturated carbocycles. The van der Waals surface area contributed by atoms with E-state index in [0.717, 1.165) is 6.21 Å². The van der Waals surface area contributed by atoms with E-state index < -0.39 is 21.4 Å². The van der Waals surface area contributed by atoms with E-state index in [1.54, 1.807) is 18.2 Å². The molecule has 3 N–H and O–H groups in total. The molecule has 0 bridgehead atoms. The molecule has 1 heterocycles. The molecule has 0 unspecified atom stereocenters. The lowest BCUT2D eigenvalue weighted by Crippen LogP contribution is -2.05. The Labute approximate surface area is 193 Å². The third-order valence-electron chi connectivity index (χ3n) is 4.45. The average molecular weight is 546 g/mol. The highest BCUT2D eigenvalue weighted by molar-refractivity contribution is 14.0. The van der Waals surface area contributed by atoms with Gasteiger partial charge in [0.05, 0.1) is 16.8 Å². The van der Waals surface area contributed by atoms with Crippen LogP contribution in [0.1, 0.15) is 32.4 Å². The topological polar surface area (TPSA) is 92.2 Å². The smallest absolute Gasteiger partial charge is 0.172 e. The Balaban J connectivity index is 0.00000240. The van der Waals surface area contributed by atoms with Crippen LogP contribution in [0.4, 0.5) is 20.3 Å². The van der Waals surface area contributed by atoms with Crippen LogP contribution in [0.3, 0.4) is 0 Å². The number of nitrogens with two attached hydrogens (primary N) is 1. The fourth-order valence-electron chi connectivity index (χ4n) is 3.20. The zero-order valence-electron chi connectivity index (χ0n) is 17.0. The summed E-state index contributed by atoms with van der Waals surface area (Å²) in [6.45, 7) is 3.84. The minimum Gasteiger partial charge on any atom is -0.396 e. The van der Waals surface area contributed by atoms with Crippen LogP contribution in [0.25, 0.3) is 21.9 Å². The van der Waals surface area contributed by atoms with Crippen LogP contribution in [-0.2, 0) is 9.73 Å². The fourth-order valence-corrected chi connectivity index (χ4v) is 3.74. The van der Waals surface area contributed by atoms with Gasteiger partial charge in [-0.15, -0.1) is 24.0 Å². The van der Waals surface area contributed by atoms with Gasteiger partial charge in [-0.2, -0.15) is 4.36 Å². The van der Waals surface area contributed by atoms with Crippen LogP contribution in [0.15, 0.2) is 34.7 Å². The summed E-state index contributed by atoms with van der Waals surface area (Å²) in [6, 6.07) is 7.42. The Kier molecular flexibility index (Phi) is 7.18. The molecule has 30 heavy (non-hydrogen) atoms. The van der Waals surface area contributed by atoms with Crippen molar-refractivity contribution in [1.29, 1.82) is 5.41 Å². The number of anilines is 1. The first-order valence-electron chi connectivity index (χ1n) is 8.92. The van der Waals surface area contributed by atoms with E-state index in [4.69, 9.17) is 11.1 Å². The summed E-state index contributed by atoms with van der Waals surface area (Å²) in [5.74, 6) is -1.24. The molecular formula is C21H25F2IN4OS. The molecule has 0 spiro atoms. The van der Waals surface area contributed by atoms with E-state index in [1.165, 1.54) is 24.6 Å². The van der Waals surface area contributed by atoms with E-state index in [9.17, 15) is 8.60 Å². The summed E-state index contributed by atoms with van der Waals surface area (Å²) in [7, 11) is -2.63. The van der Waals surface area contributed by atoms with Crippen LogP contribution >= 0.6 is 24.0 Å². The second-order valence-corrected chi connectivity index (χ2v) is 9.94. The van der Waals surface area contributed by atoms with Gasteiger partial charge in [-0.3, -0.25) is 0 Å². The summed E-state index contributed by atoms with van der Waals surface area (Å²) < 4.78 is 45.3. The van der Waals surface area contributed by atoms with Gasteiger partial charge in [0.15, 0.2) is 11.6 Å². The van der Waals surface area contributed by atoms with Gasteiger partial charge < -0.3 is 11.1 Å². The Morgan fingerprint density at radius 1 is 1.23 bits per heavy atom. The standard InChI is InChI=1S/C21H22F2N4OS.HI.H2/c1-11(2)20-16(12-5-7-14(22)8-6-12)15-9-13(10-24)19(25)18(23)17(15)21(26-20)27-29(3,4)28;;/h5-11,24H,25H2,1-4H3;2*1H. The molecule has 0 aliphatic rings. The van der Waals surface area contributed by atoms with Crippen molar-refractivity contribution < 1.29 is 14.4 Å². The summed E-state index contributed by atoms with van der Waals surface area (Å²) in [4.78, 5) is 4.55. The highest BCUT2D eigenvalue weighted by Gasteiger charge is 2.23. The van der Waals surface area contributed by atoms with Gasteiger partial charge >= 0.3 is 0 Å². The predicted molar refractivity (Wildman–Crippen MR) is 133 cm³/mol. The van der Waals surface area contributed by atoms with E-state index in [1.807, 2.05) is 13.8 Å². The molecule has 0 amide bonds. The number of aromatic nitrogens is 1. The van der Waals surface area contributed by atoms with Gasteiger partial charge in [0.1, 0.15) is 5.82 Å². The fraction of sp³-hybridized carbons (Fsp3) is 0.238. The molecule has 0 fully saturated rings. The molecule has 9 heteroatoms. The number of pyridine rings is 1. The Morgan fingerprint density at radius 3 is 2.33 bits per heavy atom. The van der Waals surface area contributed by atoms with Crippen LogP contribution < -0.4 is 5.73 Å². The number of nitrogens with one attached hydrogen (secondary N) is 1. The van der Waals surface area contributed by atoms with Crippen molar-refractivity contribution in [3.05, 3.63) is 53.2 Å². The van der Waals surface area contributed by atoms with Gasteiger partial charge in [0, 0.05) is 41.0 Å².